The highest BCUT2D eigenvalue weighted by atomic mass is 35.5. The zero-order valence-electron chi connectivity index (χ0n) is 25.9. The van der Waals surface area contributed by atoms with Gasteiger partial charge in [-0.3, -0.25) is 9.78 Å². The molecule has 3 aromatic heterocycles. The maximum atomic E-state index is 15.4. The van der Waals surface area contributed by atoms with Crippen LogP contribution < -0.4 is 10.6 Å². The molecule has 8 nitrogen and oxygen atoms in total. The number of pyridine rings is 2. The molecule has 45 heavy (non-hydrogen) atoms. The molecule has 5 rings (SSSR count). The monoisotopic (exact) mass is 632 g/mol. The molecular formula is C34H35ClF2N6O2. The lowest BCUT2D eigenvalue weighted by atomic mass is 9.97. The normalized spacial score (nSPS) is 15.3. The maximum absolute atomic E-state index is 15.4. The quantitative estimate of drug-likeness (QED) is 0.203. The first-order valence-electron chi connectivity index (χ1n) is 14.8. The first kappa shape index (κ1) is 32.0. The van der Waals surface area contributed by atoms with Gasteiger partial charge in [0.2, 0.25) is 0 Å². The Kier molecular flexibility index (Phi) is 8.89. The van der Waals surface area contributed by atoms with Crippen molar-refractivity contribution in [1.82, 2.24) is 24.4 Å². The highest BCUT2D eigenvalue weighted by Gasteiger charge is 2.32. The molecule has 1 amide bonds. The van der Waals surface area contributed by atoms with Crippen LogP contribution in [0.4, 0.5) is 14.6 Å². The number of anilines is 1. The fourth-order valence-corrected chi connectivity index (χ4v) is 6.15. The van der Waals surface area contributed by atoms with E-state index in [-0.39, 0.29) is 59.4 Å². The lowest BCUT2D eigenvalue weighted by Crippen LogP contribution is -2.54. The van der Waals surface area contributed by atoms with Gasteiger partial charge in [-0.05, 0) is 48.1 Å². The maximum Gasteiger partial charge on any atom is 0.355 e. The van der Waals surface area contributed by atoms with Crippen molar-refractivity contribution in [3.05, 3.63) is 93.7 Å². The smallest absolute Gasteiger partial charge is 0.350 e. The van der Waals surface area contributed by atoms with Crippen LogP contribution in [0.1, 0.15) is 63.3 Å². The van der Waals surface area contributed by atoms with E-state index in [1.165, 1.54) is 21.6 Å². The molecule has 11 heteroatoms. The third-order valence-corrected chi connectivity index (χ3v) is 8.39. The Morgan fingerprint density at radius 2 is 1.87 bits per heavy atom. The minimum Gasteiger partial charge on any atom is -0.350 e. The number of carbonyl (C=O) groups excluding carboxylic acids is 1. The Labute approximate surface area is 265 Å². The minimum absolute atomic E-state index is 0.0173. The van der Waals surface area contributed by atoms with Crippen LogP contribution in [-0.2, 0) is 4.79 Å². The first-order chi connectivity index (χ1) is 21.3. The Morgan fingerprint density at radius 1 is 1.13 bits per heavy atom. The number of benzene rings is 1. The van der Waals surface area contributed by atoms with Gasteiger partial charge in [0.05, 0.1) is 27.5 Å². The summed E-state index contributed by atoms with van der Waals surface area (Å²) in [6, 6.07) is 7.78. The van der Waals surface area contributed by atoms with Crippen molar-refractivity contribution in [2.75, 3.05) is 24.5 Å². The zero-order chi connectivity index (χ0) is 32.7. The molecule has 1 fully saturated rings. The van der Waals surface area contributed by atoms with Crippen molar-refractivity contribution in [3.8, 4) is 16.9 Å². The summed E-state index contributed by atoms with van der Waals surface area (Å²) in [7, 11) is 0. The molecule has 0 spiro atoms. The molecule has 234 valence electrons. The van der Waals surface area contributed by atoms with E-state index < -0.39 is 23.2 Å². The second-order valence-electron chi connectivity index (χ2n) is 11.8. The zero-order valence-corrected chi connectivity index (χ0v) is 26.7. The highest BCUT2D eigenvalue weighted by molar-refractivity contribution is 6.34. The molecule has 1 aliphatic heterocycles. The topological polar surface area (TPSA) is 84.2 Å². The van der Waals surface area contributed by atoms with Crippen LogP contribution in [0.15, 0.2) is 60.3 Å². The fraction of sp³-hybridized carbons (Fsp3) is 0.324. The number of rotatable bonds is 7. The van der Waals surface area contributed by atoms with Gasteiger partial charge in [-0.15, -0.1) is 0 Å². The predicted molar refractivity (Wildman–Crippen MR) is 175 cm³/mol. The Morgan fingerprint density at radius 3 is 2.49 bits per heavy atom. The van der Waals surface area contributed by atoms with Crippen molar-refractivity contribution in [1.29, 1.82) is 0 Å². The summed E-state index contributed by atoms with van der Waals surface area (Å²) in [5.74, 6) is -2.07. The summed E-state index contributed by atoms with van der Waals surface area (Å²) in [5, 5.41) is 0.605. The second kappa shape index (κ2) is 12.5. The van der Waals surface area contributed by atoms with Crippen molar-refractivity contribution in [3.63, 3.8) is 0 Å². The fourth-order valence-electron chi connectivity index (χ4n) is 5.91. The summed E-state index contributed by atoms with van der Waals surface area (Å²) < 4.78 is 30.5. The summed E-state index contributed by atoms with van der Waals surface area (Å²) >= 11 is 6.87. The van der Waals surface area contributed by atoms with E-state index in [0.717, 1.165) is 5.56 Å². The molecule has 0 bridgehead atoms. The average molecular weight is 633 g/mol. The van der Waals surface area contributed by atoms with Crippen LogP contribution in [0.5, 0.6) is 0 Å². The Bertz CT molecular complexity index is 1880. The minimum atomic E-state index is -1.03. The van der Waals surface area contributed by atoms with Gasteiger partial charge in [0.1, 0.15) is 11.6 Å². The van der Waals surface area contributed by atoms with E-state index in [9.17, 15) is 14.0 Å². The van der Waals surface area contributed by atoms with E-state index in [2.05, 4.69) is 23.1 Å². The number of nitrogens with zero attached hydrogens (tertiary/aromatic N) is 6. The van der Waals surface area contributed by atoms with Gasteiger partial charge in [0, 0.05) is 37.4 Å². The molecule has 0 unspecified atom stereocenters. The van der Waals surface area contributed by atoms with Crippen molar-refractivity contribution in [2.24, 2.45) is 0 Å². The third kappa shape index (κ3) is 5.75. The van der Waals surface area contributed by atoms with Crippen LogP contribution in [0.25, 0.3) is 34.1 Å². The molecule has 0 saturated carbocycles. The lowest BCUT2D eigenvalue weighted by molar-refractivity contribution is -0.129. The number of halogens is 3. The van der Waals surface area contributed by atoms with Crippen LogP contribution in [0.3, 0.4) is 0 Å². The van der Waals surface area contributed by atoms with Crippen molar-refractivity contribution < 1.29 is 13.6 Å². The molecule has 0 aliphatic carbocycles. The molecule has 0 radical (unpaired) electrons. The van der Waals surface area contributed by atoms with Gasteiger partial charge in [0.25, 0.3) is 5.91 Å². The number of carbonyl (C=O) groups is 1. The molecule has 1 aliphatic rings. The largest absolute Gasteiger partial charge is 0.355 e. The van der Waals surface area contributed by atoms with Crippen LogP contribution in [0.2, 0.25) is 5.02 Å². The molecule has 0 N–H and O–H groups in total. The number of hydrogen-bond donors (Lipinski definition) is 0. The number of amides is 1. The van der Waals surface area contributed by atoms with E-state index in [4.69, 9.17) is 16.6 Å². The number of aromatic nitrogens is 4. The standard InChI is InChI=1S/C34H35ClF2N6O2/c1-8-22-10-9-11-26(37)27(22)29-25(35)16-24-31(42-15-14-41(17-20(42)6)33(44)21(7)36)40-34(45)43(32(24)39-29)30-23(18(2)3)12-13-38-28(30)19(4)5/h8-13,16,18-20H,1,7,14-15,17H2,2-6H3/t20-/m0/s1. The van der Waals surface area contributed by atoms with E-state index in [1.54, 1.807) is 24.4 Å². The average Bonchev–Trinajstić information content (AvgIpc) is 2.99. The Hall–Kier alpha value is -4.44. The number of piperazine rings is 1. The van der Waals surface area contributed by atoms with Gasteiger partial charge in [-0.2, -0.15) is 4.98 Å². The van der Waals surface area contributed by atoms with Gasteiger partial charge < -0.3 is 9.80 Å². The summed E-state index contributed by atoms with van der Waals surface area (Å²) in [4.78, 5) is 44.0. The molecular weight excluding hydrogens is 598 g/mol. The van der Waals surface area contributed by atoms with E-state index in [1.807, 2.05) is 45.6 Å². The number of fused-ring (bicyclic) bond motifs is 1. The predicted octanol–water partition coefficient (Wildman–Crippen LogP) is 7.05. The third-order valence-electron chi connectivity index (χ3n) is 8.10. The van der Waals surface area contributed by atoms with Gasteiger partial charge in [-0.1, -0.05) is 70.7 Å². The molecule has 1 saturated heterocycles. The summed E-state index contributed by atoms with van der Waals surface area (Å²) in [6.45, 7) is 17.5. The van der Waals surface area contributed by atoms with E-state index >= 15 is 4.39 Å². The van der Waals surface area contributed by atoms with Crippen molar-refractivity contribution in [2.45, 2.75) is 52.5 Å². The molecule has 4 aromatic rings. The molecule has 4 heterocycles. The summed E-state index contributed by atoms with van der Waals surface area (Å²) in [5.41, 5.74) is 2.54. The summed E-state index contributed by atoms with van der Waals surface area (Å²) in [6.07, 6.45) is 3.25. The first-order valence-corrected chi connectivity index (χ1v) is 15.2. The van der Waals surface area contributed by atoms with Crippen LogP contribution in [0, 0.1) is 5.82 Å². The van der Waals surface area contributed by atoms with Crippen LogP contribution in [-0.4, -0.2) is 56.0 Å². The van der Waals surface area contributed by atoms with Gasteiger partial charge >= 0.3 is 5.69 Å². The van der Waals surface area contributed by atoms with Crippen molar-refractivity contribution >= 4 is 40.4 Å². The van der Waals surface area contributed by atoms with E-state index in [0.29, 0.717) is 28.1 Å². The second-order valence-corrected chi connectivity index (χ2v) is 12.2. The highest BCUT2D eigenvalue weighted by Crippen LogP contribution is 2.38. The SMILES string of the molecule is C=Cc1cccc(F)c1-c1nc2c(cc1Cl)c(N1CCN(C(=O)C(=C)F)C[C@@H]1C)nc(=O)n2-c1c(C(C)C)ccnc1C(C)C. The lowest BCUT2D eigenvalue weighted by Gasteiger charge is -2.40. The molecule has 1 atom stereocenters. The van der Waals surface area contributed by atoms with Crippen LogP contribution >= 0.6 is 11.6 Å². The van der Waals surface area contributed by atoms with Gasteiger partial charge in [-0.25, -0.2) is 23.1 Å². The van der Waals surface area contributed by atoms with Gasteiger partial charge in [0.15, 0.2) is 11.5 Å². The Balaban J connectivity index is 1.86. The number of hydrogen-bond acceptors (Lipinski definition) is 6. The molecule has 1 aromatic carbocycles.